The van der Waals surface area contributed by atoms with Gasteiger partial charge in [0.15, 0.2) is 0 Å². The van der Waals surface area contributed by atoms with Crippen LogP contribution in [0.4, 0.5) is 20.3 Å². The number of fused-ring (bicyclic) bond motifs is 1. The van der Waals surface area contributed by atoms with Gasteiger partial charge in [0.25, 0.3) is 0 Å². The molecule has 0 radical (unpaired) electrons. The van der Waals surface area contributed by atoms with Crippen molar-refractivity contribution in [2.24, 2.45) is 0 Å². The van der Waals surface area contributed by atoms with Gasteiger partial charge in [0.05, 0.1) is 15.4 Å². The Morgan fingerprint density at radius 2 is 1.76 bits per heavy atom. The highest BCUT2D eigenvalue weighted by atomic mass is 79.9. The summed E-state index contributed by atoms with van der Waals surface area (Å²) in [5, 5.41) is 3.25. The van der Waals surface area contributed by atoms with Gasteiger partial charge in [-0.05, 0) is 46.3 Å². The van der Waals surface area contributed by atoms with Crippen LogP contribution in [0, 0.1) is 11.6 Å². The fraction of sp³-hybridized carbons (Fsp3) is 0. The highest BCUT2D eigenvalue weighted by Gasteiger charge is 2.11. The van der Waals surface area contributed by atoms with E-state index in [-0.39, 0.29) is 11.2 Å². The van der Waals surface area contributed by atoms with E-state index in [1.165, 1.54) is 18.5 Å². The van der Waals surface area contributed by atoms with Gasteiger partial charge in [0.1, 0.15) is 23.8 Å². The van der Waals surface area contributed by atoms with Crippen LogP contribution in [-0.4, -0.2) is 9.97 Å². The predicted octanol–water partition coefficient (Wildman–Crippen LogP) is 5.18. The fourth-order valence-electron chi connectivity index (χ4n) is 1.91. The Labute approximate surface area is 135 Å². The topological polar surface area (TPSA) is 37.8 Å². The molecule has 21 heavy (non-hydrogen) atoms. The number of nitrogens with zero attached hydrogens (tertiary/aromatic N) is 2. The van der Waals surface area contributed by atoms with Crippen molar-refractivity contribution in [1.29, 1.82) is 0 Å². The van der Waals surface area contributed by atoms with E-state index in [4.69, 9.17) is 0 Å². The summed E-state index contributed by atoms with van der Waals surface area (Å²) in [5.74, 6) is -0.490. The van der Waals surface area contributed by atoms with Crippen LogP contribution in [0.25, 0.3) is 10.9 Å². The lowest BCUT2D eigenvalue weighted by atomic mass is 10.2. The van der Waals surface area contributed by atoms with Crippen LogP contribution < -0.4 is 5.32 Å². The molecule has 0 aliphatic carbocycles. The van der Waals surface area contributed by atoms with Gasteiger partial charge in [0, 0.05) is 10.2 Å². The molecule has 0 aliphatic rings. The lowest BCUT2D eigenvalue weighted by Gasteiger charge is -2.10. The molecule has 1 heterocycles. The van der Waals surface area contributed by atoms with Gasteiger partial charge in [-0.2, -0.15) is 0 Å². The molecule has 0 spiro atoms. The molecule has 3 nitrogen and oxygen atoms in total. The Kier molecular flexibility index (Phi) is 3.86. The van der Waals surface area contributed by atoms with Crippen LogP contribution in [0.1, 0.15) is 0 Å². The summed E-state index contributed by atoms with van der Waals surface area (Å²) in [6.45, 7) is 0. The molecule has 0 atom stereocenters. The normalized spacial score (nSPS) is 10.9. The number of halogens is 4. The van der Waals surface area contributed by atoms with E-state index < -0.39 is 5.82 Å². The molecule has 7 heteroatoms. The molecule has 1 N–H and O–H groups in total. The number of hydrogen-bond acceptors (Lipinski definition) is 3. The van der Waals surface area contributed by atoms with E-state index in [2.05, 4.69) is 47.1 Å². The SMILES string of the molecule is Fc1ccc(Nc2ncnc3cc(Br)cc(F)c23)cc1Br. The minimum Gasteiger partial charge on any atom is -0.339 e. The maximum atomic E-state index is 14.1. The highest BCUT2D eigenvalue weighted by molar-refractivity contribution is 9.10. The van der Waals surface area contributed by atoms with Gasteiger partial charge < -0.3 is 5.32 Å². The van der Waals surface area contributed by atoms with Crippen molar-refractivity contribution in [1.82, 2.24) is 9.97 Å². The van der Waals surface area contributed by atoms with Gasteiger partial charge in [0.2, 0.25) is 0 Å². The largest absolute Gasteiger partial charge is 0.339 e. The molecule has 0 aliphatic heterocycles. The number of aromatic nitrogens is 2. The zero-order valence-electron chi connectivity index (χ0n) is 10.4. The number of benzene rings is 2. The Morgan fingerprint density at radius 3 is 2.52 bits per heavy atom. The summed E-state index contributed by atoms with van der Waals surface area (Å²) in [4.78, 5) is 8.10. The van der Waals surface area contributed by atoms with Gasteiger partial charge in [-0.1, -0.05) is 15.9 Å². The third kappa shape index (κ3) is 2.89. The van der Waals surface area contributed by atoms with Gasteiger partial charge >= 0.3 is 0 Å². The van der Waals surface area contributed by atoms with Crippen molar-refractivity contribution in [3.05, 3.63) is 57.2 Å². The summed E-state index contributed by atoms with van der Waals surface area (Å²) in [6, 6.07) is 7.46. The van der Waals surface area contributed by atoms with Gasteiger partial charge in [-0.25, -0.2) is 18.7 Å². The van der Waals surface area contributed by atoms with Crippen LogP contribution in [-0.2, 0) is 0 Å². The third-order valence-corrected chi connectivity index (χ3v) is 3.90. The molecule has 106 valence electrons. The molecule has 2 aromatic carbocycles. The Bertz CT molecular complexity index is 840. The molecule has 1 aromatic heterocycles. The third-order valence-electron chi connectivity index (χ3n) is 2.84. The van der Waals surface area contributed by atoms with E-state index in [0.29, 0.717) is 26.0 Å². The minimum atomic E-state index is -0.441. The van der Waals surface area contributed by atoms with Gasteiger partial charge in [-0.3, -0.25) is 0 Å². The maximum absolute atomic E-state index is 14.1. The monoisotopic (exact) mass is 413 g/mol. The van der Waals surface area contributed by atoms with Crippen molar-refractivity contribution in [3.63, 3.8) is 0 Å². The Balaban J connectivity index is 2.10. The first-order valence-corrected chi connectivity index (χ1v) is 7.45. The summed E-state index contributed by atoms with van der Waals surface area (Å²) >= 11 is 6.33. The molecule has 0 saturated heterocycles. The standard InChI is InChI=1S/C14H7Br2F2N3/c15-7-3-11(18)13-12(4-7)19-6-20-14(13)21-8-1-2-10(17)9(16)5-8/h1-6H,(H,19,20,21). The van der Waals surface area contributed by atoms with E-state index in [0.717, 1.165) is 0 Å². The van der Waals surface area contributed by atoms with Crippen LogP contribution in [0.2, 0.25) is 0 Å². The molecule has 0 amide bonds. The van der Waals surface area contributed by atoms with E-state index in [1.54, 1.807) is 18.2 Å². The lowest BCUT2D eigenvalue weighted by Crippen LogP contribution is -1.98. The number of rotatable bonds is 2. The summed E-state index contributed by atoms with van der Waals surface area (Å²) in [6.07, 6.45) is 1.34. The first-order chi connectivity index (χ1) is 10.0. The van der Waals surface area contributed by atoms with Crippen molar-refractivity contribution >= 4 is 54.3 Å². The molecule has 0 bridgehead atoms. The molecule has 3 aromatic rings. The number of nitrogens with one attached hydrogen (secondary N) is 1. The fourth-order valence-corrected chi connectivity index (χ4v) is 2.71. The zero-order valence-corrected chi connectivity index (χ0v) is 13.5. The average molecular weight is 415 g/mol. The summed E-state index contributed by atoms with van der Waals surface area (Å²) in [5.41, 5.74) is 1.06. The lowest BCUT2D eigenvalue weighted by molar-refractivity contribution is 0.621. The summed E-state index contributed by atoms with van der Waals surface area (Å²) in [7, 11) is 0. The van der Waals surface area contributed by atoms with Crippen molar-refractivity contribution in [3.8, 4) is 0 Å². The average Bonchev–Trinajstić information content (AvgIpc) is 2.42. The van der Waals surface area contributed by atoms with Crippen molar-refractivity contribution in [2.75, 3.05) is 5.32 Å². The first-order valence-electron chi connectivity index (χ1n) is 5.86. The summed E-state index contributed by atoms with van der Waals surface area (Å²) < 4.78 is 28.3. The second kappa shape index (κ2) is 5.65. The second-order valence-electron chi connectivity index (χ2n) is 4.26. The molecule has 0 saturated carbocycles. The van der Waals surface area contributed by atoms with Crippen molar-refractivity contribution in [2.45, 2.75) is 0 Å². The minimum absolute atomic E-state index is 0.279. The zero-order chi connectivity index (χ0) is 15.0. The first kappa shape index (κ1) is 14.3. The van der Waals surface area contributed by atoms with Crippen LogP contribution in [0.15, 0.2) is 45.6 Å². The Morgan fingerprint density at radius 1 is 0.952 bits per heavy atom. The van der Waals surface area contributed by atoms with Gasteiger partial charge in [-0.15, -0.1) is 0 Å². The van der Waals surface area contributed by atoms with Crippen LogP contribution in [0.5, 0.6) is 0 Å². The molecular formula is C14H7Br2F2N3. The smallest absolute Gasteiger partial charge is 0.144 e. The van der Waals surface area contributed by atoms with Crippen LogP contribution in [0.3, 0.4) is 0 Å². The second-order valence-corrected chi connectivity index (χ2v) is 6.03. The molecule has 0 fully saturated rings. The molecular weight excluding hydrogens is 408 g/mol. The Hall–Kier alpha value is -1.60. The van der Waals surface area contributed by atoms with E-state index in [1.807, 2.05) is 0 Å². The highest BCUT2D eigenvalue weighted by Crippen LogP contribution is 2.29. The maximum Gasteiger partial charge on any atom is 0.144 e. The quantitative estimate of drug-likeness (QED) is 0.628. The number of anilines is 2. The molecule has 3 rings (SSSR count). The van der Waals surface area contributed by atoms with Crippen molar-refractivity contribution < 1.29 is 8.78 Å². The van der Waals surface area contributed by atoms with E-state index >= 15 is 0 Å². The van der Waals surface area contributed by atoms with Crippen LogP contribution >= 0.6 is 31.9 Å². The van der Waals surface area contributed by atoms with E-state index in [9.17, 15) is 8.78 Å². The number of hydrogen-bond donors (Lipinski definition) is 1. The molecule has 0 unspecified atom stereocenters. The predicted molar refractivity (Wildman–Crippen MR) is 84.6 cm³/mol.